The molecule has 11 heteroatoms. The molecule has 4 aromatic rings. The number of nitrogens with one attached hydrogen (secondary N) is 1. The maximum atomic E-state index is 13.4. The Hall–Kier alpha value is -4.28. The minimum atomic E-state index is -4.72. The van der Waals surface area contributed by atoms with Crippen molar-refractivity contribution in [2.45, 2.75) is 33.0 Å². The molecule has 0 aliphatic rings. The summed E-state index contributed by atoms with van der Waals surface area (Å²) in [5.74, 6) is 1.33. The summed E-state index contributed by atoms with van der Waals surface area (Å²) in [5, 5.41) is 15.0. The van der Waals surface area contributed by atoms with E-state index in [4.69, 9.17) is 4.74 Å². The molecule has 2 aromatic heterocycles. The smallest absolute Gasteiger partial charge is 0.416 e. The second kappa shape index (κ2) is 9.40. The number of nitro benzene ring substituents is 1. The van der Waals surface area contributed by atoms with Crippen LogP contribution in [0.15, 0.2) is 48.7 Å². The fourth-order valence-corrected chi connectivity index (χ4v) is 3.92. The third-order valence-electron chi connectivity index (χ3n) is 5.74. The Balaban J connectivity index is 1.79. The standard InChI is InChI=1S/C25H22F3N5O3/c1-13-7-22-21(11-20(13)16-5-6-23(36-4)29-12-16)24(32-15(3)31-22)30-14(2)17-8-18(25(26,27)28)10-19(9-17)33(34)35/h5-12,14H,1-4H3,(H,30,31,32)/t14-/m1/s1. The van der Waals surface area contributed by atoms with Gasteiger partial charge in [0, 0.05) is 35.3 Å². The summed E-state index contributed by atoms with van der Waals surface area (Å²) in [4.78, 5) is 23.6. The summed E-state index contributed by atoms with van der Waals surface area (Å²) in [6, 6.07) is 9.22. The Morgan fingerprint density at radius 2 is 1.83 bits per heavy atom. The van der Waals surface area contributed by atoms with Crippen LogP contribution in [-0.2, 0) is 6.18 Å². The van der Waals surface area contributed by atoms with Crippen molar-refractivity contribution in [3.8, 4) is 17.0 Å². The Labute approximate surface area is 204 Å². The molecule has 0 aliphatic carbocycles. The van der Waals surface area contributed by atoms with Gasteiger partial charge in [0.2, 0.25) is 5.88 Å². The van der Waals surface area contributed by atoms with Crippen molar-refractivity contribution in [1.29, 1.82) is 0 Å². The molecule has 36 heavy (non-hydrogen) atoms. The van der Waals surface area contributed by atoms with E-state index in [2.05, 4.69) is 20.3 Å². The molecule has 2 aromatic carbocycles. The number of halogens is 3. The van der Waals surface area contributed by atoms with Gasteiger partial charge in [-0.3, -0.25) is 10.1 Å². The van der Waals surface area contributed by atoms with Gasteiger partial charge in [0.05, 0.1) is 29.2 Å². The number of pyridine rings is 1. The lowest BCUT2D eigenvalue weighted by atomic mass is 9.99. The van der Waals surface area contributed by atoms with E-state index in [-0.39, 0.29) is 5.56 Å². The first-order valence-corrected chi connectivity index (χ1v) is 10.9. The van der Waals surface area contributed by atoms with Gasteiger partial charge in [0.15, 0.2) is 0 Å². The highest BCUT2D eigenvalue weighted by molar-refractivity contribution is 5.94. The zero-order valence-electron chi connectivity index (χ0n) is 19.8. The molecule has 0 saturated carbocycles. The van der Waals surface area contributed by atoms with Crippen LogP contribution in [0.5, 0.6) is 5.88 Å². The second-order valence-electron chi connectivity index (χ2n) is 8.33. The average Bonchev–Trinajstić information content (AvgIpc) is 2.82. The van der Waals surface area contributed by atoms with E-state index in [0.29, 0.717) is 34.5 Å². The molecule has 0 amide bonds. The quantitative estimate of drug-likeness (QED) is 0.242. The van der Waals surface area contributed by atoms with Crippen molar-refractivity contribution < 1.29 is 22.8 Å². The number of non-ortho nitro benzene ring substituents is 1. The van der Waals surface area contributed by atoms with E-state index >= 15 is 0 Å². The lowest BCUT2D eigenvalue weighted by molar-refractivity contribution is -0.385. The zero-order chi connectivity index (χ0) is 26.2. The number of anilines is 1. The summed E-state index contributed by atoms with van der Waals surface area (Å²) < 4.78 is 45.3. The molecule has 1 atom stereocenters. The van der Waals surface area contributed by atoms with Crippen LogP contribution in [0.2, 0.25) is 0 Å². The number of nitrogens with zero attached hydrogens (tertiary/aromatic N) is 4. The predicted molar refractivity (Wildman–Crippen MR) is 129 cm³/mol. The molecule has 0 fully saturated rings. The molecule has 186 valence electrons. The van der Waals surface area contributed by atoms with Crippen molar-refractivity contribution in [2.24, 2.45) is 0 Å². The number of methoxy groups -OCH3 is 1. The van der Waals surface area contributed by atoms with Crippen molar-refractivity contribution >= 4 is 22.4 Å². The van der Waals surface area contributed by atoms with Crippen LogP contribution in [0.3, 0.4) is 0 Å². The molecule has 2 heterocycles. The van der Waals surface area contributed by atoms with E-state index < -0.39 is 28.4 Å². The highest BCUT2D eigenvalue weighted by atomic mass is 19.4. The summed E-state index contributed by atoms with van der Waals surface area (Å²) >= 11 is 0. The highest BCUT2D eigenvalue weighted by Crippen LogP contribution is 2.36. The van der Waals surface area contributed by atoms with E-state index in [1.165, 1.54) is 7.11 Å². The Morgan fingerprint density at radius 1 is 1.08 bits per heavy atom. The minimum Gasteiger partial charge on any atom is -0.481 e. The molecule has 0 aliphatic heterocycles. The van der Waals surface area contributed by atoms with Gasteiger partial charge in [-0.15, -0.1) is 0 Å². The zero-order valence-corrected chi connectivity index (χ0v) is 19.8. The van der Waals surface area contributed by atoms with Crippen LogP contribution >= 0.6 is 0 Å². The van der Waals surface area contributed by atoms with Gasteiger partial charge < -0.3 is 10.1 Å². The minimum absolute atomic E-state index is 0.104. The lowest BCUT2D eigenvalue weighted by Crippen LogP contribution is -2.13. The largest absolute Gasteiger partial charge is 0.481 e. The van der Waals surface area contributed by atoms with Gasteiger partial charge in [-0.25, -0.2) is 15.0 Å². The van der Waals surface area contributed by atoms with Crippen LogP contribution in [0.1, 0.15) is 35.5 Å². The lowest BCUT2D eigenvalue weighted by Gasteiger charge is -2.19. The number of hydrogen-bond donors (Lipinski definition) is 1. The molecule has 0 unspecified atom stereocenters. The molecule has 1 N–H and O–H groups in total. The normalized spacial score (nSPS) is 12.4. The van der Waals surface area contributed by atoms with Gasteiger partial charge in [0.1, 0.15) is 11.6 Å². The first-order valence-electron chi connectivity index (χ1n) is 10.9. The first-order chi connectivity index (χ1) is 17.0. The fourth-order valence-electron chi connectivity index (χ4n) is 3.92. The Kier molecular flexibility index (Phi) is 6.49. The third kappa shape index (κ3) is 5.04. The molecule has 8 nitrogen and oxygen atoms in total. The van der Waals surface area contributed by atoms with E-state index in [9.17, 15) is 23.3 Å². The number of hydrogen-bond acceptors (Lipinski definition) is 7. The van der Waals surface area contributed by atoms with Crippen molar-refractivity contribution in [3.63, 3.8) is 0 Å². The summed E-state index contributed by atoms with van der Waals surface area (Å²) in [5.41, 5.74) is 1.68. The topological polar surface area (TPSA) is 103 Å². The Morgan fingerprint density at radius 3 is 2.44 bits per heavy atom. The average molecular weight is 497 g/mol. The SMILES string of the molecule is COc1ccc(-c2cc3c(N[C@H](C)c4cc([N+](=O)[O-])cc(C(F)(F)F)c4)nc(C)nc3cc2C)cn1. The van der Waals surface area contributed by atoms with Crippen LogP contribution in [0.25, 0.3) is 22.0 Å². The number of ether oxygens (including phenoxy) is 1. The second-order valence-corrected chi connectivity index (χ2v) is 8.33. The van der Waals surface area contributed by atoms with Crippen LogP contribution in [0, 0.1) is 24.0 Å². The summed E-state index contributed by atoms with van der Waals surface area (Å²) in [6.45, 7) is 5.26. The van der Waals surface area contributed by atoms with Gasteiger partial charge in [-0.2, -0.15) is 13.2 Å². The number of fused-ring (bicyclic) bond motifs is 1. The van der Waals surface area contributed by atoms with Crippen molar-refractivity contribution in [1.82, 2.24) is 15.0 Å². The van der Waals surface area contributed by atoms with Gasteiger partial charge in [-0.1, -0.05) is 0 Å². The van der Waals surface area contributed by atoms with Crippen molar-refractivity contribution in [2.75, 3.05) is 12.4 Å². The fraction of sp³-hybridized carbons (Fsp3) is 0.240. The molecule has 0 saturated heterocycles. The molecular formula is C25H22F3N5O3. The van der Waals surface area contributed by atoms with Gasteiger partial charge >= 0.3 is 6.18 Å². The number of aromatic nitrogens is 3. The maximum Gasteiger partial charge on any atom is 0.416 e. The monoisotopic (exact) mass is 497 g/mol. The molecule has 0 bridgehead atoms. The highest BCUT2D eigenvalue weighted by Gasteiger charge is 2.33. The molecular weight excluding hydrogens is 475 g/mol. The van der Waals surface area contributed by atoms with Gasteiger partial charge in [0.25, 0.3) is 5.69 Å². The van der Waals surface area contributed by atoms with Crippen LogP contribution in [0.4, 0.5) is 24.7 Å². The number of benzene rings is 2. The third-order valence-corrected chi connectivity index (χ3v) is 5.74. The van der Waals surface area contributed by atoms with E-state index in [1.807, 2.05) is 25.1 Å². The molecule has 4 rings (SSSR count). The summed E-state index contributed by atoms with van der Waals surface area (Å²) in [6.07, 6.45) is -3.04. The number of nitro groups is 1. The van der Waals surface area contributed by atoms with Crippen LogP contribution < -0.4 is 10.1 Å². The number of rotatable bonds is 6. The number of alkyl halides is 3. The summed E-state index contributed by atoms with van der Waals surface area (Å²) in [7, 11) is 1.53. The maximum absolute atomic E-state index is 13.4. The van der Waals surface area contributed by atoms with Gasteiger partial charge in [-0.05, 0) is 61.7 Å². The predicted octanol–water partition coefficient (Wildman–Crippen LogP) is 6.42. The molecule has 0 spiro atoms. The van der Waals surface area contributed by atoms with E-state index in [0.717, 1.165) is 28.8 Å². The first kappa shape index (κ1) is 24.8. The van der Waals surface area contributed by atoms with Crippen molar-refractivity contribution in [3.05, 3.63) is 81.3 Å². The van der Waals surface area contributed by atoms with E-state index in [1.54, 1.807) is 26.1 Å². The Bertz CT molecular complexity index is 1460. The van der Waals surface area contributed by atoms with Crippen LogP contribution in [-0.4, -0.2) is 27.0 Å². The number of aryl methyl sites for hydroxylation is 2. The molecule has 0 radical (unpaired) electrons.